The van der Waals surface area contributed by atoms with E-state index in [2.05, 4.69) is 47.8 Å². The second-order valence-corrected chi connectivity index (χ2v) is 8.33. The van der Waals surface area contributed by atoms with Crippen LogP contribution in [0.15, 0.2) is 54.7 Å². The Morgan fingerprint density at radius 3 is 2.47 bits per heavy atom. The second-order valence-electron chi connectivity index (χ2n) is 7.94. The van der Waals surface area contributed by atoms with Gasteiger partial charge in [-0.3, -0.25) is 9.78 Å². The SMILES string of the molecule is CCOC(=O)CN1C(=S)N[C@@H](c2ccccn2)[C@H]1c1c(C)c(C)n(-c2ccccc2)c1C. The molecule has 6 nitrogen and oxygen atoms in total. The van der Waals surface area contributed by atoms with Crippen LogP contribution in [0.5, 0.6) is 0 Å². The van der Waals surface area contributed by atoms with Crippen LogP contribution in [0.3, 0.4) is 0 Å². The van der Waals surface area contributed by atoms with Gasteiger partial charge in [-0.05, 0) is 69.7 Å². The second kappa shape index (κ2) is 9.12. The number of carbonyl (C=O) groups excluding carboxylic acids is 1. The quantitative estimate of drug-likeness (QED) is 0.447. The molecule has 4 rings (SSSR count). The number of thiocarbonyl (C=S) groups is 1. The number of esters is 1. The molecule has 1 aliphatic heterocycles. The molecule has 0 saturated carbocycles. The van der Waals surface area contributed by atoms with E-state index < -0.39 is 0 Å². The zero-order valence-corrected chi connectivity index (χ0v) is 19.6. The maximum atomic E-state index is 12.5. The van der Waals surface area contributed by atoms with Gasteiger partial charge < -0.3 is 19.5 Å². The molecular weight excluding hydrogens is 420 g/mol. The van der Waals surface area contributed by atoms with E-state index in [1.165, 1.54) is 5.56 Å². The standard InChI is InChI=1S/C25H28N4O2S/c1-5-31-21(30)15-28-24(23(27-25(28)32)20-13-9-10-14-26-20)22-16(2)17(3)29(18(22)4)19-11-7-6-8-12-19/h6-14,23-24H,5,15H2,1-4H3,(H,27,32)/t23-,24+/m0/s1. The van der Waals surface area contributed by atoms with Crippen LogP contribution < -0.4 is 5.32 Å². The molecule has 1 saturated heterocycles. The number of nitrogens with one attached hydrogen (secondary N) is 1. The van der Waals surface area contributed by atoms with E-state index in [4.69, 9.17) is 17.0 Å². The topological polar surface area (TPSA) is 59.4 Å². The monoisotopic (exact) mass is 448 g/mol. The highest BCUT2D eigenvalue weighted by atomic mass is 32.1. The highest BCUT2D eigenvalue weighted by Gasteiger charge is 2.43. The summed E-state index contributed by atoms with van der Waals surface area (Å²) in [6.45, 7) is 8.62. The van der Waals surface area contributed by atoms with Gasteiger partial charge in [-0.25, -0.2) is 0 Å². The highest BCUT2D eigenvalue weighted by Crippen LogP contribution is 2.43. The van der Waals surface area contributed by atoms with Crippen LogP contribution >= 0.6 is 12.2 Å². The third-order valence-corrected chi connectivity index (χ3v) is 6.47. The van der Waals surface area contributed by atoms with Crippen LogP contribution in [0.25, 0.3) is 5.69 Å². The Bertz CT molecular complexity index is 1130. The van der Waals surface area contributed by atoms with Crippen molar-refractivity contribution in [3.05, 3.63) is 82.9 Å². The first-order valence-electron chi connectivity index (χ1n) is 10.8. The third-order valence-electron chi connectivity index (χ3n) is 6.12. The summed E-state index contributed by atoms with van der Waals surface area (Å²) < 4.78 is 7.52. The summed E-state index contributed by atoms with van der Waals surface area (Å²) in [5.74, 6) is -0.294. The number of aromatic nitrogens is 2. The van der Waals surface area contributed by atoms with Gasteiger partial charge in [0, 0.05) is 28.8 Å². The van der Waals surface area contributed by atoms with Crippen molar-refractivity contribution in [1.29, 1.82) is 0 Å². The number of rotatable bonds is 6. The Labute approximate surface area is 194 Å². The molecule has 0 bridgehead atoms. The zero-order valence-electron chi connectivity index (χ0n) is 18.8. The van der Waals surface area contributed by atoms with Gasteiger partial charge in [-0.1, -0.05) is 24.3 Å². The summed E-state index contributed by atoms with van der Waals surface area (Å²) in [5, 5.41) is 3.95. The van der Waals surface area contributed by atoms with Gasteiger partial charge in [0.2, 0.25) is 0 Å². The van der Waals surface area contributed by atoms with Crippen molar-refractivity contribution in [2.45, 2.75) is 39.8 Å². The number of para-hydroxylation sites is 1. The van der Waals surface area contributed by atoms with Crippen LogP contribution in [-0.4, -0.2) is 38.7 Å². The summed E-state index contributed by atoms with van der Waals surface area (Å²) in [6, 6.07) is 15.8. The first kappa shape index (κ1) is 22.0. The van der Waals surface area contributed by atoms with E-state index in [0.29, 0.717) is 11.7 Å². The highest BCUT2D eigenvalue weighted by molar-refractivity contribution is 7.80. The Balaban J connectivity index is 1.86. The predicted molar refractivity (Wildman–Crippen MR) is 129 cm³/mol. The maximum absolute atomic E-state index is 12.5. The van der Waals surface area contributed by atoms with Crippen LogP contribution in [-0.2, 0) is 9.53 Å². The molecule has 1 aliphatic rings. The number of carbonyl (C=O) groups is 1. The van der Waals surface area contributed by atoms with E-state index in [1.54, 1.807) is 6.20 Å². The zero-order chi connectivity index (χ0) is 22.8. The molecule has 2 atom stereocenters. The van der Waals surface area contributed by atoms with Crippen molar-refractivity contribution >= 4 is 23.3 Å². The van der Waals surface area contributed by atoms with Crippen LogP contribution in [0.1, 0.15) is 47.2 Å². The smallest absolute Gasteiger partial charge is 0.325 e. The van der Waals surface area contributed by atoms with E-state index in [1.807, 2.05) is 48.2 Å². The average molecular weight is 449 g/mol. The molecule has 0 amide bonds. The molecule has 0 aliphatic carbocycles. The molecule has 32 heavy (non-hydrogen) atoms. The summed E-state index contributed by atoms with van der Waals surface area (Å²) in [7, 11) is 0. The lowest BCUT2D eigenvalue weighted by Gasteiger charge is -2.28. The molecule has 1 aromatic carbocycles. The number of benzene rings is 1. The number of ether oxygens (including phenoxy) is 1. The van der Waals surface area contributed by atoms with Gasteiger partial charge in [0.25, 0.3) is 0 Å². The van der Waals surface area contributed by atoms with Gasteiger partial charge in [-0.2, -0.15) is 0 Å². The fraction of sp³-hybridized carbons (Fsp3) is 0.320. The first-order valence-corrected chi connectivity index (χ1v) is 11.2. The van der Waals surface area contributed by atoms with E-state index >= 15 is 0 Å². The van der Waals surface area contributed by atoms with Crippen molar-refractivity contribution in [2.75, 3.05) is 13.2 Å². The minimum absolute atomic E-state index is 0.0854. The Morgan fingerprint density at radius 2 is 1.81 bits per heavy atom. The summed E-state index contributed by atoms with van der Waals surface area (Å²) >= 11 is 5.69. The largest absolute Gasteiger partial charge is 0.465 e. The Kier molecular flexibility index (Phi) is 6.28. The third kappa shape index (κ3) is 3.88. The molecule has 3 heterocycles. The lowest BCUT2D eigenvalue weighted by molar-refractivity contribution is -0.143. The molecule has 2 aromatic heterocycles. The number of pyridine rings is 1. The molecule has 1 fully saturated rings. The molecule has 1 N–H and O–H groups in total. The molecule has 3 aromatic rings. The molecule has 166 valence electrons. The fourth-order valence-corrected chi connectivity index (χ4v) is 4.95. The molecule has 0 unspecified atom stereocenters. The first-order chi connectivity index (χ1) is 15.4. The van der Waals surface area contributed by atoms with E-state index in [-0.39, 0.29) is 24.6 Å². The molecule has 0 spiro atoms. The minimum atomic E-state index is -0.294. The van der Waals surface area contributed by atoms with Gasteiger partial charge >= 0.3 is 5.97 Å². The molecular formula is C25H28N4O2S. The summed E-state index contributed by atoms with van der Waals surface area (Å²) in [5.41, 5.74) is 6.61. The normalized spacial score (nSPS) is 18.0. The van der Waals surface area contributed by atoms with E-state index in [0.717, 1.165) is 28.3 Å². The Hall–Kier alpha value is -3.19. The summed E-state index contributed by atoms with van der Waals surface area (Å²) in [4.78, 5) is 19.0. The van der Waals surface area contributed by atoms with Crippen LogP contribution in [0.4, 0.5) is 0 Å². The van der Waals surface area contributed by atoms with Gasteiger partial charge in [0.05, 0.1) is 24.4 Å². The van der Waals surface area contributed by atoms with Crippen LogP contribution in [0, 0.1) is 20.8 Å². The summed E-state index contributed by atoms with van der Waals surface area (Å²) in [6.07, 6.45) is 1.78. The number of hydrogen-bond donors (Lipinski definition) is 1. The van der Waals surface area contributed by atoms with Crippen molar-refractivity contribution in [2.24, 2.45) is 0 Å². The van der Waals surface area contributed by atoms with Crippen molar-refractivity contribution < 1.29 is 9.53 Å². The van der Waals surface area contributed by atoms with Gasteiger partial charge in [0.15, 0.2) is 5.11 Å². The van der Waals surface area contributed by atoms with Gasteiger partial charge in [0.1, 0.15) is 6.54 Å². The minimum Gasteiger partial charge on any atom is -0.465 e. The fourth-order valence-electron chi connectivity index (χ4n) is 4.64. The van der Waals surface area contributed by atoms with E-state index in [9.17, 15) is 4.79 Å². The van der Waals surface area contributed by atoms with Crippen molar-refractivity contribution in [1.82, 2.24) is 19.8 Å². The molecule has 0 radical (unpaired) electrons. The lowest BCUT2D eigenvalue weighted by Crippen LogP contribution is -2.35. The lowest BCUT2D eigenvalue weighted by atomic mass is 9.93. The number of hydrogen-bond acceptors (Lipinski definition) is 4. The predicted octanol–water partition coefficient (Wildman–Crippen LogP) is 4.33. The average Bonchev–Trinajstić information content (AvgIpc) is 3.22. The number of nitrogens with zero attached hydrogens (tertiary/aromatic N) is 3. The van der Waals surface area contributed by atoms with Crippen LogP contribution in [0.2, 0.25) is 0 Å². The molecule has 7 heteroatoms. The Morgan fingerprint density at radius 1 is 1.09 bits per heavy atom. The van der Waals surface area contributed by atoms with Crippen molar-refractivity contribution in [3.8, 4) is 5.69 Å². The van der Waals surface area contributed by atoms with Gasteiger partial charge in [-0.15, -0.1) is 0 Å². The van der Waals surface area contributed by atoms with Crippen molar-refractivity contribution in [3.63, 3.8) is 0 Å². The maximum Gasteiger partial charge on any atom is 0.325 e.